The van der Waals surface area contributed by atoms with E-state index in [1.807, 2.05) is 36.1 Å². The molecule has 114 valence electrons. The summed E-state index contributed by atoms with van der Waals surface area (Å²) in [6.45, 7) is 2.97. The second-order valence-electron chi connectivity index (χ2n) is 4.85. The standard InChI is InChI=1S/C16H23N3O2/c1-5-17-13(11-15-18-9-10-19(15)2)12-7-6-8-14(20-3)16(12)21-4/h6-10,13,17H,5,11H2,1-4H3. The average molecular weight is 289 g/mol. The fourth-order valence-corrected chi connectivity index (χ4v) is 2.50. The molecule has 1 aromatic heterocycles. The lowest BCUT2D eigenvalue weighted by Gasteiger charge is -2.22. The van der Waals surface area contributed by atoms with Crippen molar-refractivity contribution in [3.05, 3.63) is 42.0 Å². The van der Waals surface area contributed by atoms with Gasteiger partial charge in [-0.25, -0.2) is 4.98 Å². The van der Waals surface area contributed by atoms with E-state index in [0.717, 1.165) is 35.9 Å². The number of hydrogen-bond acceptors (Lipinski definition) is 4. The lowest BCUT2D eigenvalue weighted by atomic mass is 10.0. The number of nitrogens with zero attached hydrogens (tertiary/aromatic N) is 2. The molecule has 0 saturated heterocycles. The lowest BCUT2D eigenvalue weighted by Crippen LogP contribution is -2.24. The summed E-state index contributed by atoms with van der Waals surface area (Å²) >= 11 is 0. The summed E-state index contributed by atoms with van der Waals surface area (Å²) in [6.07, 6.45) is 4.57. The summed E-state index contributed by atoms with van der Waals surface area (Å²) in [5, 5.41) is 3.50. The van der Waals surface area contributed by atoms with E-state index >= 15 is 0 Å². The molecule has 0 radical (unpaired) electrons. The quantitative estimate of drug-likeness (QED) is 0.850. The molecule has 1 unspecified atom stereocenters. The normalized spacial score (nSPS) is 12.2. The number of nitrogens with one attached hydrogen (secondary N) is 1. The van der Waals surface area contributed by atoms with E-state index < -0.39 is 0 Å². The van der Waals surface area contributed by atoms with Crippen LogP contribution in [0.5, 0.6) is 11.5 Å². The zero-order valence-corrected chi connectivity index (χ0v) is 13.1. The molecule has 2 rings (SSSR count). The molecule has 0 aliphatic heterocycles. The number of imidazole rings is 1. The molecular weight excluding hydrogens is 266 g/mol. The monoisotopic (exact) mass is 289 g/mol. The van der Waals surface area contributed by atoms with E-state index in [2.05, 4.69) is 23.3 Å². The number of ether oxygens (including phenoxy) is 2. The first-order valence-electron chi connectivity index (χ1n) is 7.11. The molecule has 0 fully saturated rings. The molecule has 1 atom stereocenters. The van der Waals surface area contributed by atoms with Crippen molar-refractivity contribution in [3.8, 4) is 11.5 Å². The van der Waals surface area contributed by atoms with E-state index in [-0.39, 0.29) is 6.04 Å². The van der Waals surface area contributed by atoms with Crippen molar-refractivity contribution >= 4 is 0 Å². The molecule has 0 bridgehead atoms. The highest BCUT2D eigenvalue weighted by molar-refractivity contribution is 5.48. The third-order valence-corrected chi connectivity index (χ3v) is 3.57. The maximum atomic E-state index is 5.55. The minimum atomic E-state index is 0.126. The van der Waals surface area contributed by atoms with E-state index in [1.54, 1.807) is 14.2 Å². The van der Waals surface area contributed by atoms with Crippen molar-refractivity contribution in [1.29, 1.82) is 0 Å². The van der Waals surface area contributed by atoms with Crippen LogP contribution in [0.15, 0.2) is 30.6 Å². The number of hydrogen-bond donors (Lipinski definition) is 1. The molecule has 5 nitrogen and oxygen atoms in total. The molecule has 0 spiro atoms. The zero-order chi connectivity index (χ0) is 15.2. The van der Waals surface area contributed by atoms with Crippen LogP contribution in [0.3, 0.4) is 0 Å². The van der Waals surface area contributed by atoms with Gasteiger partial charge in [0.05, 0.1) is 14.2 Å². The molecule has 0 aliphatic rings. The Kier molecular flexibility index (Phi) is 5.22. The van der Waals surface area contributed by atoms with Gasteiger partial charge < -0.3 is 19.4 Å². The van der Waals surface area contributed by atoms with Gasteiger partial charge in [0, 0.05) is 37.5 Å². The molecule has 1 heterocycles. The van der Waals surface area contributed by atoms with Gasteiger partial charge >= 0.3 is 0 Å². The SMILES string of the molecule is CCNC(Cc1nccn1C)c1cccc(OC)c1OC. The van der Waals surface area contributed by atoms with Crippen molar-refractivity contribution in [2.45, 2.75) is 19.4 Å². The van der Waals surface area contributed by atoms with E-state index in [4.69, 9.17) is 9.47 Å². The van der Waals surface area contributed by atoms with Crippen LogP contribution in [0, 0.1) is 0 Å². The fourth-order valence-electron chi connectivity index (χ4n) is 2.50. The zero-order valence-electron chi connectivity index (χ0n) is 13.1. The number of rotatable bonds is 7. The van der Waals surface area contributed by atoms with Gasteiger partial charge in [0.2, 0.25) is 0 Å². The Morgan fingerprint density at radius 3 is 2.67 bits per heavy atom. The summed E-state index contributed by atoms with van der Waals surface area (Å²) in [4.78, 5) is 4.41. The highest BCUT2D eigenvalue weighted by Crippen LogP contribution is 2.35. The van der Waals surface area contributed by atoms with Crippen LogP contribution in [0.25, 0.3) is 0 Å². The van der Waals surface area contributed by atoms with Gasteiger partial charge in [0.15, 0.2) is 11.5 Å². The Morgan fingerprint density at radius 1 is 1.29 bits per heavy atom. The molecule has 0 aliphatic carbocycles. The molecule has 0 amide bonds. The first-order chi connectivity index (χ1) is 10.2. The van der Waals surface area contributed by atoms with Crippen LogP contribution in [-0.4, -0.2) is 30.3 Å². The van der Waals surface area contributed by atoms with Crippen molar-refractivity contribution < 1.29 is 9.47 Å². The maximum Gasteiger partial charge on any atom is 0.165 e. The Hall–Kier alpha value is -2.01. The van der Waals surface area contributed by atoms with Crippen molar-refractivity contribution in [2.24, 2.45) is 7.05 Å². The van der Waals surface area contributed by atoms with Gasteiger partial charge in [-0.3, -0.25) is 0 Å². The minimum absolute atomic E-state index is 0.126. The van der Waals surface area contributed by atoms with Gasteiger partial charge in [0.1, 0.15) is 5.82 Å². The highest BCUT2D eigenvalue weighted by atomic mass is 16.5. The Bertz CT molecular complexity index is 581. The number of aromatic nitrogens is 2. The number of benzene rings is 1. The van der Waals surface area contributed by atoms with Crippen LogP contribution >= 0.6 is 0 Å². The topological polar surface area (TPSA) is 48.3 Å². The highest BCUT2D eigenvalue weighted by Gasteiger charge is 2.20. The Labute approximate surface area is 125 Å². The summed E-state index contributed by atoms with van der Waals surface area (Å²) in [7, 11) is 5.34. The number of para-hydroxylation sites is 1. The third-order valence-electron chi connectivity index (χ3n) is 3.57. The number of likely N-dealkylation sites (N-methyl/N-ethyl adjacent to an activating group) is 1. The Balaban J connectivity index is 2.36. The molecule has 21 heavy (non-hydrogen) atoms. The van der Waals surface area contributed by atoms with Crippen LogP contribution in [-0.2, 0) is 13.5 Å². The van der Waals surface area contributed by atoms with E-state index in [1.165, 1.54) is 0 Å². The second kappa shape index (κ2) is 7.13. The van der Waals surface area contributed by atoms with Crippen LogP contribution in [0.2, 0.25) is 0 Å². The van der Waals surface area contributed by atoms with Gasteiger partial charge in [-0.05, 0) is 12.6 Å². The van der Waals surface area contributed by atoms with Crippen LogP contribution < -0.4 is 14.8 Å². The van der Waals surface area contributed by atoms with Crippen LogP contribution in [0.4, 0.5) is 0 Å². The fraction of sp³-hybridized carbons (Fsp3) is 0.438. The largest absolute Gasteiger partial charge is 0.493 e. The molecule has 1 aromatic carbocycles. The van der Waals surface area contributed by atoms with E-state index in [0.29, 0.717) is 0 Å². The third kappa shape index (κ3) is 3.36. The average Bonchev–Trinajstić information content (AvgIpc) is 2.91. The summed E-state index contributed by atoms with van der Waals surface area (Å²) in [6, 6.07) is 6.09. The van der Waals surface area contributed by atoms with Gasteiger partial charge in [-0.2, -0.15) is 0 Å². The second-order valence-corrected chi connectivity index (χ2v) is 4.85. The lowest BCUT2D eigenvalue weighted by molar-refractivity contribution is 0.346. The van der Waals surface area contributed by atoms with Crippen molar-refractivity contribution in [3.63, 3.8) is 0 Å². The smallest absolute Gasteiger partial charge is 0.165 e. The van der Waals surface area contributed by atoms with Gasteiger partial charge in [-0.1, -0.05) is 19.1 Å². The maximum absolute atomic E-state index is 5.55. The van der Waals surface area contributed by atoms with Gasteiger partial charge in [-0.15, -0.1) is 0 Å². The molecule has 5 heteroatoms. The molecule has 0 saturated carbocycles. The van der Waals surface area contributed by atoms with Crippen LogP contribution in [0.1, 0.15) is 24.4 Å². The number of methoxy groups -OCH3 is 2. The first kappa shape index (κ1) is 15.4. The van der Waals surface area contributed by atoms with Gasteiger partial charge in [0.25, 0.3) is 0 Å². The first-order valence-corrected chi connectivity index (χ1v) is 7.11. The predicted molar refractivity (Wildman–Crippen MR) is 82.9 cm³/mol. The van der Waals surface area contributed by atoms with Crippen molar-refractivity contribution in [1.82, 2.24) is 14.9 Å². The summed E-state index contributed by atoms with van der Waals surface area (Å²) in [5.41, 5.74) is 1.08. The van der Waals surface area contributed by atoms with E-state index in [9.17, 15) is 0 Å². The molecular formula is C16H23N3O2. The summed E-state index contributed by atoms with van der Waals surface area (Å²) < 4.78 is 13.0. The minimum Gasteiger partial charge on any atom is -0.493 e. The summed E-state index contributed by atoms with van der Waals surface area (Å²) in [5.74, 6) is 2.56. The predicted octanol–water partition coefficient (Wildman–Crippen LogP) is 2.33. The Morgan fingerprint density at radius 2 is 2.10 bits per heavy atom. The number of aryl methyl sites for hydroxylation is 1. The molecule has 2 aromatic rings. The molecule has 1 N–H and O–H groups in total. The van der Waals surface area contributed by atoms with Crippen molar-refractivity contribution in [2.75, 3.05) is 20.8 Å².